The van der Waals surface area contributed by atoms with Crippen molar-refractivity contribution in [2.24, 2.45) is 0 Å². The number of benzene rings is 4. The number of methoxy groups -OCH3 is 1. The lowest BCUT2D eigenvalue weighted by atomic mass is 9.93. The summed E-state index contributed by atoms with van der Waals surface area (Å²) >= 11 is 0. The summed E-state index contributed by atoms with van der Waals surface area (Å²) in [6.45, 7) is 7.08. The fraction of sp³-hybridized carbons (Fsp3) is 0.258. The maximum absolute atomic E-state index is 14.7. The van der Waals surface area contributed by atoms with Crippen LogP contribution in [0.1, 0.15) is 50.9 Å². The molecule has 0 bridgehead atoms. The van der Waals surface area contributed by atoms with Crippen molar-refractivity contribution in [1.82, 2.24) is 5.32 Å². The average Bonchev–Trinajstić information content (AvgIpc) is 2.87. The molecular weight excluding hydrogens is 505 g/mol. The van der Waals surface area contributed by atoms with E-state index in [-0.39, 0.29) is 30.2 Å². The third kappa shape index (κ3) is 6.44. The van der Waals surface area contributed by atoms with E-state index in [1.807, 2.05) is 42.5 Å². The van der Waals surface area contributed by atoms with Gasteiger partial charge in [0.05, 0.1) is 7.11 Å². The van der Waals surface area contributed by atoms with E-state index in [9.17, 15) is 14.3 Å². The number of hydrogen-bond acceptors (Lipinski definition) is 4. The first-order valence-electron chi connectivity index (χ1n) is 12.2. The first-order valence-corrected chi connectivity index (χ1v) is 12.2. The van der Waals surface area contributed by atoms with Crippen molar-refractivity contribution in [2.75, 3.05) is 7.11 Å². The van der Waals surface area contributed by atoms with Crippen LogP contribution in [0.3, 0.4) is 0 Å². The van der Waals surface area contributed by atoms with Crippen molar-refractivity contribution in [3.63, 3.8) is 0 Å². The van der Waals surface area contributed by atoms with Crippen molar-refractivity contribution >= 4 is 29.1 Å². The first-order chi connectivity index (χ1) is 17.6. The summed E-state index contributed by atoms with van der Waals surface area (Å²) in [6.07, 6.45) is 0. The van der Waals surface area contributed by atoms with Gasteiger partial charge in [0.15, 0.2) is 5.60 Å². The van der Waals surface area contributed by atoms with E-state index in [0.29, 0.717) is 5.56 Å². The summed E-state index contributed by atoms with van der Waals surface area (Å²) in [4.78, 5) is 11.6. The van der Waals surface area contributed by atoms with Gasteiger partial charge in [0.25, 0.3) is 0 Å². The predicted octanol–water partition coefficient (Wildman–Crippen LogP) is 7.73. The molecule has 0 aliphatic rings. The molecule has 0 aliphatic heterocycles. The van der Waals surface area contributed by atoms with E-state index in [4.69, 9.17) is 9.47 Å². The normalized spacial score (nSPS) is 12.9. The summed E-state index contributed by atoms with van der Waals surface area (Å²) in [5.41, 5.74) is 2.11. The van der Waals surface area contributed by atoms with Crippen LogP contribution >= 0.6 is 12.4 Å². The van der Waals surface area contributed by atoms with Gasteiger partial charge >= 0.3 is 5.97 Å². The Balaban J connectivity index is 0.00000400. The minimum atomic E-state index is -1.50. The quantitative estimate of drug-likeness (QED) is 0.229. The molecule has 0 spiro atoms. The highest BCUT2D eigenvalue weighted by atomic mass is 35.5. The average molecular weight is 538 g/mol. The van der Waals surface area contributed by atoms with Crippen LogP contribution in [0.4, 0.5) is 4.39 Å². The molecule has 4 aromatic carbocycles. The molecule has 0 aliphatic carbocycles. The Bertz CT molecular complexity index is 1440. The van der Waals surface area contributed by atoms with E-state index in [1.54, 1.807) is 13.2 Å². The van der Waals surface area contributed by atoms with Gasteiger partial charge in [0.1, 0.15) is 17.3 Å². The maximum atomic E-state index is 14.7. The second kappa shape index (κ2) is 11.8. The molecule has 0 radical (unpaired) electrons. The standard InChI is InChI=1S/C31H32FNO4.ClH/c1-19(21-10-8-11-26(15-21)36-5)33-20(2)23-13-22-9-6-7-12-28(22)29(17-23)24-14-25(32)18-27(16-24)37-31(3,4)30(34)35;/h6-20,33H,1-5H3,(H,34,35);1H/t19-,20?;/m1./s1. The van der Waals surface area contributed by atoms with Gasteiger partial charge in [0, 0.05) is 18.2 Å². The number of fused-ring (bicyclic) bond motifs is 1. The van der Waals surface area contributed by atoms with Gasteiger partial charge in [-0.15, -0.1) is 12.4 Å². The zero-order valence-electron chi connectivity index (χ0n) is 22.1. The van der Waals surface area contributed by atoms with E-state index in [2.05, 4.69) is 37.4 Å². The van der Waals surface area contributed by atoms with Crippen LogP contribution in [0.5, 0.6) is 11.5 Å². The number of rotatable bonds is 9. The predicted molar refractivity (Wildman–Crippen MR) is 152 cm³/mol. The van der Waals surface area contributed by atoms with E-state index < -0.39 is 17.4 Å². The minimum Gasteiger partial charge on any atom is -0.497 e. The lowest BCUT2D eigenvalue weighted by Gasteiger charge is -2.23. The van der Waals surface area contributed by atoms with Crippen molar-refractivity contribution < 1.29 is 23.8 Å². The lowest BCUT2D eigenvalue weighted by Crippen LogP contribution is -2.37. The molecule has 0 aromatic heterocycles. The van der Waals surface area contributed by atoms with Crippen LogP contribution in [0.25, 0.3) is 21.9 Å². The van der Waals surface area contributed by atoms with Crippen LogP contribution in [0, 0.1) is 5.82 Å². The highest BCUT2D eigenvalue weighted by Crippen LogP contribution is 2.35. The van der Waals surface area contributed by atoms with Gasteiger partial charge in [-0.1, -0.05) is 36.4 Å². The van der Waals surface area contributed by atoms with Crippen molar-refractivity contribution in [3.8, 4) is 22.6 Å². The second-order valence-electron chi connectivity index (χ2n) is 9.77. The number of carboxylic acid groups (broad SMARTS) is 1. The molecule has 0 heterocycles. The minimum absolute atomic E-state index is 0. The molecule has 1 unspecified atom stereocenters. The van der Waals surface area contributed by atoms with Crippen LogP contribution in [-0.4, -0.2) is 23.8 Å². The fourth-order valence-electron chi connectivity index (χ4n) is 4.42. The maximum Gasteiger partial charge on any atom is 0.347 e. The van der Waals surface area contributed by atoms with Crippen LogP contribution in [0.15, 0.2) is 78.9 Å². The number of carbonyl (C=O) groups is 1. The molecule has 0 saturated carbocycles. The summed E-state index contributed by atoms with van der Waals surface area (Å²) in [5.74, 6) is -0.659. The third-order valence-corrected chi connectivity index (χ3v) is 6.55. The Labute approximate surface area is 229 Å². The SMILES string of the molecule is COc1cccc([C@@H](C)NC(C)c2cc(-c3cc(F)cc(OC(C)(C)C(=O)O)c3)c3ccccc3c2)c1.Cl. The lowest BCUT2D eigenvalue weighted by molar-refractivity contribution is -0.152. The monoisotopic (exact) mass is 537 g/mol. The molecular formula is C31H33ClFNO4. The van der Waals surface area contributed by atoms with E-state index >= 15 is 0 Å². The van der Waals surface area contributed by atoms with Crippen LogP contribution in [-0.2, 0) is 4.79 Å². The summed E-state index contributed by atoms with van der Waals surface area (Å²) in [6, 6.07) is 24.5. The smallest absolute Gasteiger partial charge is 0.347 e. The van der Waals surface area contributed by atoms with Gasteiger partial charge in [-0.2, -0.15) is 0 Å². The summed E-state index contributed by atoms with van der Waals surface area (Å²) in [5, 5.41) is 15.1. The van der Waals surface area contributed by atoms with Gasteiger partial charge in [-0.05, 0) is 97.1 Å². The Morgan fingerprint density at radius 2 is 1.61 bits per heavy atom. The molecule has 0 saturated heterocycles. The van der Waals surface area contributed by atoms with Gasteiger partial charge in [-0.3, -0.25) is 0 Å². The number of halogens is 2. The van der Waals surface area contributed by atoms with Crippen molar-refractivity contribution in [3.05, 3.63) is 95.8 Å². The molecule has 0 fully saturated rings. The molecule has 0 amide bonds. The topological polar surface area (TPSA) is 67.8 Å². The molecule has 38 heavy (non-hydrogen) atoms. The van der Waals surface area contributed by atoms with Gasteiger partial charge in [0.2, 0.25) is 0 Å². The Hall–Kier alpha value is -3.61. The molecule has 2 N–H and O–H groups in total. The zero-order valence-corrected chi connectivity index (χ0v) is 22.9. The van der Waals surface area contributed by atoms with Crippen LogP contribution < -0.4 is 14.8 Å². The second-order valence-corrected chi connectivity index (χ2v) is 9.77. The molecule has 2 atom stereocenters. The van der Waals surface area contributed by atoms with E-state index in [1.165, 1.54) is 26.0 Å². The van der Waals surface area contributed by atoms with E-state index in [0.717, 1.165) is 33.2 Å². The number of carboxylic acids is 1. The Morgan fingerprint density at radius 1 is 0.895 bits per heavy atom. The number of nitrogens with one attached hydrogen (secondary N) is 1. The van der Waals surface area contributed by atoms with Crippen LogP contribution in [0.2, 0.25) is 0 Å². The third-order valence-electron chi connectivity index (χ3n) is 6.55. The molecule has 200 valence electrons. The fourth-order valence-corrected chi connectivity index (χ4v) is 4.42. The summed E-state index contributed by atoms with van der Waals surface area (Å²) in [7, 11) is 1.65. The number of hydrogen-bond donors (Lipinski definition) is 2. The number of aliphatic carboxylic acids is 1. The largest absolute Gasteiger partial charge is 0.497 e. The van der Waals surface area contributed by atoms with Gasteiger partial charge < -0.3 is 19.9 Å². The first kappa shape index (κ1) is 29.0. The zero-order chi connectivity index (χ0) is 26.7. The Kier molecular flexibility index (Phi) is 9.02. The highest BCUT2D eigenvalue weighted by molar-refractivity contribution is 5.97. The summed E-state index contributed by atoms with van der Waals surface area (Å²) < 4.78 is 25.7. The van der Waals surface area contributed by atoms with Crippen molar-refractivity contribution in [2.45, 2.75) is 45.4 Å². The number of ether oxygens (including phenoxy) is 2. The molecule has 4 rings (SSSR count). The molecule has 7 heteroatoms. The Morgan fingerprint density at radius 3 is 2.32 bits per heavy atom. The molecule has 4 aromatic rings. The highest BCUT2D eigenvalue weighted by Gasteiger charge is 2.29. The molecule has 5 nitrogen and oxygen atoms in total. The van der Waals surface area contributed by atoms with Crippen molar-refractivity contribution in [1.29, 1.82) is 0 Å². The van der Waals surface area contributed by atoms with Gasteiger partial charge in [-0.25, -0.2) is 9.18 Å².